The lowest BCUT2D eigenvalue weighted by atomic mass is 9.96. The predicted molar refractivity (Wildman–Crippen MR) is 169 cm³/mol. The first-order valence-corrected chi connectivity index (χ1v) is 14.0. The maximum Gasteiger partial charge on any atom is 0.114 e. The molecule has 41 heavy (non-hydrogen) atoms. The van der Waals surface area contributed by atoms with Crippen molar-refractivity contribution < 1.29 is 0 Å². The Morgan fingerprint density at radius 2 is 1.39 bits per heavy atom. The zero-order valence-electron chi connectivity index (χ0n) is 22.6. The van der Waals surface area contributed by atoms with Gasteiger partial charge in [-0.2, -0.15) is 0 Å². The summed E-state index contributed by atoms with van der Waals surface area (Å²) < 4.78 is 2.28. The molecule has 0 atom stereocenters. The van der Waals surface area contributed by atoms with Gasteiger partial charge in [-0.25, -0.2) is 9.97 Å². The van der Waals surface area contributed by atoms with Crippen molar-refractivity contribution in [3.63, 3.8) is 0 Å². The van der Waals surface area contributed by atoms with E-state index < -0.39 is 0 Å². The largest absolute Gasteiger partial charge is 0.296 e. The molecule has 0 amide bonds. The van der Waals surface area contributed by atoms with E-state index in [0.717, 1.165) is 73.0 Å². The molecule has 8 rings (SSSR count). The van der Waals surface area contributed by atoms with Gasteiger partial charge in [-0.1, -0.05) is 85.8 Å². The van der Waals surface area contributed by atoms with Crippen molar-refractivity contribution in [1.82, 2.24) is 19.5 Å². The average Bonchev–Trinajstić information content (AvgIpc) is 3.43. The van der Waals surface area contributed by atoms with Crippen LogP contribution in [0.4, 0.5) is 0 Å². The normalized spacial score (nSPS) is 11.6. The van der Waals surface area contributed by atoms with E-state index in [2.05, 4.69) is 132 Å². The Morgan fingerprint density at radius 1 is 0.610 bits per heavy atom. The summed E-state index contributed by atoms with van der Waals surface area (Å²) in [6.45, 7) is 2.17. The van der Waals surface area contributed by atoms with Crippen molar-refractivity contribution in [1.29, 1.82) is 0 Å². The molecule has 3 aromatic heterocycles. The highest BCUT2D eigenvalue weighted by atomic mass is 15.1. The summed E-state index contributed by atoms with van der Waals surface area (Å²) in [5.41, 5.74) is 9.56. The number of para-hydroxylation sites is 2. The van der Waals surface area contributed by atoms with Gasteiger partial charge in [0.05, 0.1) is 27.8 Å². The Bertz CT molecular complexity index is 2230. The van der Waals surface area contributed by atoms with E-state index in [1.54, 1.807) is 0 Å². The van der Waals surface area contributed by atoms with Gasteiger partial charge < -0.3 is 0 Å². The molecular formula is C37H26N4. The van der Waals surface area contributed by atoms with E-state index in [9.17, 15) is 0 Å². The third kappa shape index (κ3) is 3.80. The third-order valence-corrected chi connectivity index (χ3v) is 7.99. The Hall–Kier alpha value is -5.35. The summed E-state index contributed by atoms with van der Waals surface area (Å²) in [4.78, 5) is 15.0. The van der Waals surface area contributed by atoms with E-state index >= 15 is 0 Å². The van der Waals surface area contributed by atoms with Crippen LogP contribution in [0.15, 0.2) is 128 Å². The van der Waals surface area contributed by atoms with Crippen LogP contribution in [0.25, 0.3) is 71.7 Å². The van der Waals surface area contributed by atoms with E-state index in [-0.39, 0.29) is 0 Å². The third-order valence-electron chi connectivity index (χ3n) is 7.99. The molecule has 5 aromatic carbocycles. The van der Waals surface area contributed by atoms with E-state index in [4.69, 9.17) is 9.97 Å². The lowest BCUT2D eigenvalue weighted by Crippen LogP contribution is -1.99. The zero-order chi connectivity index (χ0) is 27.3. The molecule has 0 N–H and O–H groups in total. The SMILES string of the molecule is CCc1nc2c3c(-c4ccc(-c5ccc6ncccc6c5)cc4)nc4ccccc4c3ccc2n1-c1ccccc1. The molecule has 0 aliphatic rings. The molecule has 0 radical (unpaired) electrons. The minimum Gasteiger partial charge on any atom is -0.296 e. The van der Waals surface area contributed by atoms with Crippen LogP contribution >= 0.6 is 0 Å². The highest BCUT2D eigenvalue weighted by molar-refractivity contribution is 6.19. The Labute approximate surface area is 237 Å². The Balaban J connectivity index is 1.37. The number of aromatic nitrogens is 4. The fourth-order valence-electron chi connectivity index (χ4n) is 6.02. The molecule has 0 unspecified atom stereocenters. The number of fused-ring (bicyclic) bond motifs is 6. The molecule has 4 heteroatoms. The summed E-state index contributed by atoms with van der Waals surface area (Å²) in [6, 6.07) is 42.6. The number of hydrogen-bond donors (Lipinski definition) is 0. The van der Waals surface area contributed by atoms with Crippen molar-refractivity contribution in [3.8, 4) is 28.1 Å². The molecule has 0 aliphatic heterocycles. The van der Waals surface area contributed by atoms with Gasteiger partial charge in [0, 0.05) is 40.0 Å². The van der Waals surface area contributed by atoms with Gasteiger partial charge in [0.2, 0.25) is 0 Å². The van der Waals surface area contributed by atoms with Crippen LogP contribution in [0.2, 0.25) is 0 Å². The summed E-state index contributed by atoms with van der Waals surface area (Å²) in [6.07, 6.45) is 2.67. The van der Waals surface area contributed by atoms with E-state index in [0.29, 0.717) is 0 Å². The number of hydrogen-bond acceptors (Lipinski definition) is 3. The minimum atomic E-state index is 0.831. The van der Waals surface area contributed by atoms with Crippen molar-refractivity contribution in [3.05, 3.63) is 133 Å². The quantitative estimate of drug-likeness (QED) is 0.215. The van der Waals surface area contributed by atoms with Crippen LogP contribution in [0.5, 0.6) is 0 Å². The van der Waals surface area contributed by atoms with Gasteiger partial charge in [0.25, 0.3) is 0 Å². The monoisotopic (exact) mass is 526 g/mol. The molecule has 0 bridgehead atoms. The minimum absolute atomic E-state index is 0.831. The van der Waals surface area contributed by atoms with Crippen molar-refractivity contribution in [2.45, 2.75) is 13.3 Å². The van der Waals surface area contributed by atoms with Crippen LogP contribution < -0.4 is 0 Å². The summed E-state index contributed by atoms with van der Waals surface area (Å²) >= 11 is 0. The average molecular weight is 527 g/mol. The molecular weight excluding hydrogens is 500 g/mol. The molecule has 4 nitrogen and oxygen atoms in total. The molecule has 0 aliphatic carbocycles. The second kappa shape index (κ2) is 9.39. The van der Waals surface area contributed by atoms with Gasteiger partial charge in [-0.15, -0.1) is 0 Å². The van der Waals surface area contributed by atoms with Crippen molar-refractivity contribution in [2.75, 3.05) is 0 Å². The first-order valence-electron chi connectivity index (χ1n) is 14.0. The van der Waals surface area contributed by atoms with Gasteiger partial charge in [-0.3, -0.25) is 9.55 Å². The zero-order valence-corrected chi connectivity index (χ0v) is 22.6. The Morgan fingerprint density at radius 3 is 2.24 bits per heavy atom. The van der Waals surface area contributed by atoms with E-state index in [1.165, 1.54) is 10.9 Å². The second-order valence-electron chi connectivity index (χ2n) is 10.4. The molecule has 0 saturated carbocycles. The second-order valence-corrected chi connectivity index (χ2v) is 10.4. The molecule has 3 heterocycles. The molecule has 0 spiro atoms. The Kier molecular flexibility index (Phi) is 5.39. The highest BCUT2D eigenvalue weighted by Crippen LogP contribution is 2.38. The van der Waals surface area contributed by atoms with Crippen LogP contribution in [0.3, 0.4) is 0 Å². The number of aryl methyl sites for hydroxylation is 1. The maximum atomic E-state index is 5.25. The molecule has 0 fully saturated rings. The van der Waals surface area contributed by atoms with Crippen LogP contribution in [0, 0.1) is 0 Å². The highest BCUT2D eigenvalue weighted by Gasteiger charge is 2.19. The standard InChI is InChI=1S/C37H26N4/c1-2-34-40-37-33(41(34)28-10-4-3-5-11-28)21-19-30-29-12-6-7-13-32(29)39-36(35(30)37)25-16-14-24(15-17-25)26-18-20-31-27(23-26)9-8-22-38-31/h3-23H,2H2,1H3. The molecule has 0 saturated heterocycles. The smallest absolute Gasteiger partial charge is 0.114 e. The number of pyridine rings is 2. The van der Waals surface area contributed by atoms with Gasteiger partial charge in [-0.05, 0) is 59.0 Å². The van der Waals surface area contributed by atoms with Crippen molar-refractivity contribution in [2.24, 2.45) is 0 Å². The summed E-state index contributed by atoms with van der Waals surface area (Å²) in [5, 5.41) is 4.54. The first-order chi connectivity index (χ1) is 20.3. The topological polar surface area (TPSA) is 43.6 Å². The number of imidazole rings is 1. The summed E-state index contributed by atoms with van der Waals surface area (Å²) in [5.74, 6) is 1.04. The van der Waals surface area contributed by atoms with Gasteiger partial charge >= 0.3 is 0 Å². The fraction of sp³-hybridized carbons (Fsp3) is 0.0541. The lowest BCUT2D eigenvalue weighted by Gasteiger charge is -2.12. The van der Waals surface area contributed by atoms with Crippen LogP contribution in [-0.4, -0.2) is 19.5 Å². The number of benzene rings is 5. The van der Waals surface area contributed by atoms with Crippen LogP contribution in [-0.2, 0) is 6.42 Å². The van der Waals surface area contributed by atoms with E-state index in [1.807, 2.05) is 12.3 Å². The van der Waals surface area contributed by atoms with Gasteiger partial charge in [0.1, 0.15) is 5.82 Å². The maximum absolute atomic E-state index is 5.25. The molecule has 8 aromatic rings. The number of rotatable bonds is 4. The number of nitrogens with zero attached hydrogens (tertiary/aromatic N) is 4. The van der Waals surface area contributed by atoms with Gasteiger partial charge in [0.15, 0.2) is 0 Å². The molecule has 194 valence electrons. The summed E-state index contributed by atoms with van der Waals surface area (Å²) in [7, 11) is 0. The van der Waals surface area contributed by atoms with Crippen LogP contribution in [0.1, 0.15) is 12.7 Å². The predicted octanol–water partition coefficient (Wildman–Crippen LogP) is 9.17. The lowest BCUT2D eigenvalue weighted by molar-refractivity contribution is 0.908. The first kappa shape index (κ1) is 23.5. The fourth-order valence-corrected chi connectivity index (χ4v) is 6.02. The van der Waals surface area contributed by atoms with Crippen molar-refractivity contribution >= 4 is 43.6 Å².